The average molecular weight is 243 g/mol. The molecule has 3 rings (SSSR count). The Morgan fingerprint density at radius 3 is 2.39 bits per heavy atom. The Labute approximate surface area is 105 Å². The lowest BCUT2D eigenvalue weighted by atomic mass is 10.1. The van der Waals surface area contributed by atoms with E-state index in [-0.39, 0.29) is 24.0 Å². The van der Waals surface area contributed by atoms with Crippen LogP contribution in [0.5, 0.6) is 0 Å². The van der Waals surface area contributed by atoms with Crippen molar-refractivity contribution in [1.29, 1.82) is 0 Å². The van der Waals surface area contributed by atoms with Crippen LogP contribution in [-0.4, -0.2) is 29.4 Å². The van der Waals surface area contributed by atoms with E-state index in [0.717, 1.165) is 5.56 Å². The van der Waals surface area contributed by atoms with Gasteiger partial charge >= 0.3 is 0 Å². The summed E-state index contributed by atoms with van der Waals surface area (Å²) in [6, 6.07) is 9.97. The van der Waals surface area contributed by atoms with Gasteiger partial charge in [-0.25, -0.2) is 0 Å². The number of ether oxygens (including phenoxy) is 1. The van der Waals surface area contributed by atoms with Crippen LogP contribution in [0.1, 0.15) is 18.1 Å². The molecule has 92 valence electrons. The summed E-state index contributed by atoms with van der Waals surface area (Å²) in [5.41, 5.74) is 1.15. The van der Waals surface area contributed by atoms with Crippen molar-refractivity contribution in [1.82, 2.24) is 4.90 Å². The third-order valence-electron chi connectivity index (χ3n) is 3.25. The molecule has 0 aromatic heterocycles. The number of hydrogen-bond donors (Lipinski definition) is 0. The Bertz CT molecular complexity index is 491. The van der Waals surface area contributed by atoms with Crippen LogP contribution in [0.3, 0.4) is 0 Å². The molecule has 1 aromatic rings. The Morgan fingerprint density at radius 2 is 1.72 bits per heavy atom. The highest BCUT2D eigenvalue weighted by atomic mass is 16.6. The fourth-order valence-corrected chi connectivity index (χ4v) is 2.21. The van der Waals surface area contributed by atoms with Crippen molar-refractivity contribution >= 4 is 11.8 Å². The van der Waals surface area contributed by atoms with E-state index in [1.165, 1.54) is 17.1 Å². The number of rotatable bonds is 4. The highest BCUT2D eigenvalue weighted by Crippen LogP contribution is 2.40. The smallest absolute Gasteiger partial charge is 0.253 e. The van der Waals surface area contributed by atoms with Gasteiger partial charge in [0.1, 0.15) is 6.10 Å². The zero-order valence-corrected chi connectivity index (χ0v) is 9.78. The van der Waals surface area contributed by atoms with Gasteiger partial charge in [0.05, 0.1) is 6.10 Å². The number of nitrogens with zero attached hydrogens (tertiary/aromatic N) is 1. The molecule has 0 bridgehead atoms. The van der Waals surface area contributed by atoms with Crippen molar-refractivity contribution in [3.05, 3.63) is 48.0 Å². The van der Waals surface area contributed by atoms with E-state index in [9.17, 15) is 9.59 Å². The molecule has 1 aromatic carbocycles. The lowest BCUT2D eigenvalue weighted by Gasteiger charge is -2.12. The summed E-state index contributed by atoms with van der Waals surface area (Å²) in [4.78, 5) is 23.9. The molecule has 2 aliphatic rings. The predicted octanol–water partition coefficient (Wildman–Crippen LogP) is 1.44. The van der Waals surface area contributed by atoms with Crippen molar-refractivity contribution in [2.24, 2.45) is 0 Å². The summed E-state index contributed by atoms with van der Waals surface area (Å²) in [6.07, 6.45) is 3.55. The Hall–Kier alpha value is -1.94. The summed E-state index contributed by atoms with van der Waals surface area (Å²) >= 11 is 0. The minimum Gasteiger partial charge on any atom is -0.364 e. The Morgan fingerprint density at radius 1 is 1.06 bits per heavy atom. The third kappa shape index (κ3) is 2.07. The fourth-order valence-electron chi connectivity index (χ4n) is 2.21. The molecule has 0 saturated carbocycles. The summed E-state index contributed by atoms with van der Waals surface area (Å²) in [5.74, 6) is -0.450. The van der Waals surface area contributed by atoms with Crippen LogP contribution >= 0.6 is 0 Å². The Balaban J connectivity index is 1.52. The molecule has 2 aliphatic heterocycles. The molecule has 2 atom stereocenters. The second-order valence-corrected chi connectivity index (χ2v) is 4.46. The van der Waals surface area contributed by atoms with Crippen molar-refractivity contribution in [2.75, 3.05) is 6.54 Å². The summed E-state index contributed by atoms with van der Waals surface area (Å²) in [5, 5.41) is 0. The molecule has 0 aliphatic carbocycles. The minimum absolute atomic E-state index is 0.118. The number of epoxide rings is 1. The number of benzene rings is 1. The first-order valence-electron chi connectivity index (χ1n) is 5.99. The van der Waals surface area contributed by atoms with E-state index >= 15 is 0 Å². The lowest BCUT2D eigenvalue weighted by Crippen LogP contribution is -2.31. The van der Waals surface area contributed by atoms with E-state index in [2.05, 4.69) is 0 Å². The minimum atomic E-state index is -0.225. The maximum absolute atomic E-state index is 11.3. The van der Waals surface area contributed by atoms with Gasteiger partial charge in [0, 0.05) is 18.7 Å². The van der Waals surface area contributed by atoms with E-state index in [1.807, 2.05) is 30.3 Å². The van der Waals surface area contributed by atoms with E-state index in [0.29, 0.717) is 13.0 Å². The maximum Gasteiger partial charge on any atom is 0.253 e. The standard InChI is InChI=1S/C14H13NO3/c16-12-6-7-13(17)15(12)9-8-11-14(18-11)10-4-2-1-3-5-10/h1-7,11,14H,8-9H2. The van der Waals surface area contributed by atoms with E-state index in [1.54, 1.807) is 0 Å². The molecule has 4 nitrogen and oxygen atoms in total. The molecular formula is C14H13NO3. The van der Waals surface area contributed by atoms with Crippen LogP contribution in [0.15, 0.2) is 42.5 Å². The molecule has 0 N–H and O–H groups in total. The van der Waals surface area contributed by atoms with E-state index in [4.69, 9.17) is 4.74 Å². The molecule has 2 amide bonds. The van der Waals surface area contributed by atoms with Crippen LogP contribution in [0.4, 0.5) is 0 Å². The predicted molar refractivity (Wildman–Crippen MR) is 64.5 cm³/mol. The normalized spacial score (nSPS) is 25.9. The second kappa shape index (κ2) is 4.38. The van der Waals surface area contributed by atoms with Crippen LogP contribution in [0.25, 0.3) is 0 Å². The largest absolute Gasteiger partial charge is 0.364 e. The van der Waals surface area contributed by atoms with Gasteiger partial charge in [-0.3, -0.25) is 14.5 Å². The number of carbonyl (C=O) groups excluding carboxylic acids is 2. The average Bonchev–Trinajstić information content (AvgIpc) is 3.10. The van der Waals surface area contributed by atoms with Gasteiger partial charge in [0.15, 0.2) is 0 Å². The van der Waals surface area contributed by atoms with Gasteiger partial charge in [-0.05, 0) is 12.0 Å². The van der Waals surface area contributed by atoms with Crippen molar-refractivity contribution < 1.29 is 14.3 Å². The van der Waals surface area contributed by atoms with Crippen LogP contribution in [0, 0.1) is 0 Å². The second-order valence-electron chi connectivity index (χ2n) is 4.46. The summed E-state index contributed by atoms with van der Waals surface area (Å²) < 4.78 is 5.56. The Kier molecular flexibility index (Phi) is 2.72. The van der Waals surface area contributed by atoms with Crippen LogP contribution < -0.4 is 0 Å². The highest BCUT2D eigenvalue weighted by molar-refractivity contribution is 6.12. The van der Waals surface area contributed by atoms with Crippen molar-refractivity contribution in [3.63, 3.8) is 0 Å². The highest BCUT2D eigenvalue weighted by Gasteiger charge is 2.40. The third-order valence-corrected chi connectivity index (χ3v) is 3.25. The molecular weight excluding hydrogens is 230 g/mol. The molecule has 2 unspecified atom stereocenters. The van der Waals surface area contributed by atoms with Gasteiger partial charge in [-0.15, -0.1) is 0 Å². The monoisotopic (exact) mass is 243 g/mol. The number of imide groups is 1. The molecule has 0 spiro atoms. The van der Waals surface area contributed by atoms with Gasteiger partial charge < -0.3 is 4.74 Å². The van der Waals surface area contributed by atoms with Gasteiger partial charge in [0.2, 0.25) is 0 Å². The molecule has 4 heteroatoms. The summed E-state index contributed by atoms with van der Waals surface area (Å²) in [7, 11) is 0. The first-order chi connectivity index (χ1) is 8.75. The number of carbonyl (C=O) groups is 2. The molecule has 1 fully saturated rings. The first-order valence-corrected chi connectivity index (χ1v) is 5.99. The van der Waals surface area contributed by atoms with Crippen molar-refractivity contribution in [3.8, 4) is 0 Å². The van der Waals surface area contributed by atoms with Crippen LogP contribution in [-0.2, 0) is 14.3 Å². The quantitative estimate of drug-likeness (QED) is 0.594. The van der Waals surface area contributed by atoms with E-state index < -0.39 is 0 Å². The lowest BCUT2D eigenvalue weighted by molar-refractivity contribution is -0.136. The van der Waals surface area contributed by atoms with Gasteiger partial charge in [-0.1, -0.05) is 30.3 Å². The first kappa shape index (κ1) is 11.2. The number of hydrogen-bond acceptors (Lipinski definition) is 3. The molecule has 18 heavy (non-hydrogen) atoms. The van der Waals surface area contributed by atoms with Gasteiger partial charge in [0.25, 0.3) is 11.8 Å². The SMILES string of the molecule is O=C1C=CC(=O)N1CCC1OC1c1ccccc1. The van der Waals surface area contributed by atoms with Crippen LogP contribution in [0.2, 0.25) is 0 Å². The fraction of sp³-hybridized carbons (Fsp3) is 0.286. The zero-order valence-electron chi connectivity index (χ0n) is 9.78. The molecule has 1 saturated heterocycles. The maximum atomic E-state index is 11.3. The number of amides is 2. The zero-order chi connectivity index (χ0) is 12.5. The molecule has 2 heterocycles. The summed E-state index contributed by atoms with van der Waals surface area (Å²) in [6.45, 7) is 0.429. The molecule has 0 radical (unpaired) electrons. The van der Waals surface area contributed by atoms with Crippen molar-refractivity contribution in [2.45, 2.75) is 18.6 Å². The van der Waals surface area contributed by atoms with Gasteiger partial charge in [-0.2, -0.15) is 0 Å². The topological polar surface area (TPSA) is 49.9 Å².